The smallest absolute Gasteiger partial charge is 0.154 e. The van der Waals surface area contributed by atoms with Gasteiger partial charge in [-0.25, -0.2) is 8.42 Å². The summed E-state index contributed by atoms with van der Waals surface area (Å²) in [5, 5.41) is 2.89. The summed E-state index contributed by atoms with van der Waals surface area (Å²) >= 11 is 0. The Morgan fingerprint density at radius 3 is 2.05 bits per heavy atom. The lowest BCUT2D eigenvalue weighted by molar-refractivity contribution is 0.559. The van der Waals surface area contributed by atoms with Crippen LogP contribution in [0, 0.1) is 20.8 Å². The van der Waals surface area contributed by atoms with Crippen molar-refractivity contribution in [3.05, 3.63) is 34.4 Å². The molecule has 4 heteroatoms. The van der Waals surface area contributed by atoms with Gasteiger partial charge in [0.2, 0.25) is 0 Å². The molecule has 0 aliphatic carbocycles. The third kappa shape index (κ3) is 3.83. The molecule has 1 aromatic rings. The van der Waals surface area contributed by atoms with Crippen LogP contribution in [0.1, 0.15) is 48.6 Å². The monoisotopic (exact) mass is 297 g/mol. The van der Waals surface area contributed by atoms with Crippen molar-refractivity contribution in [2.24, 2.45) is 0 Å². The van der Waals surface area contributed by atoms with Gasteiger partial charge in [0.15, 0.2) is 9.84 Å². The summed E-state index contributed by atoms with van der Waals surface area (Å²) in [5.74, 6) is 0.156. The van der Waals surface area contributed by atoms with E-state index in [-0.39, 0.29) is 17.0 Å². The average Bonchev–Trinajstić information content (AvgIpc) is 2.34. The second-order valence-corrected chi connectivity index (χ2v) is 8.17. The molecule has 0 saturated heterocycles. The summed E-state index contributed by atoms with van der Waals surface area (Å²) in [5.41, 5.74) is 4.63. The summed E-state index contributed by atoms with van der Waals surface area (Å²) in [6.45, 7) is 9.87. The number of sulfone groups is 1. The molecule has 0 saturated carbocycles. The van der Waals surface area contributed by atoms with E-state index >= 15 is 0 Å². The number of benzene rings is 1. The highest BCUT2D eigenvalue weighted by Gasteiger charge is 2.26. The lowest BCUT2D eigenvalue weighted by Gasteiger charge is -2.23. The Balaban J connectivity index is 3.16. The highest BCUT2D eigenvalue weighted by molar-refractivity contribution is 7.92. The Hall–Kier alpha value is -0.870. The second kappa shape index (κ2) is 6.72. The second-order valence-electron chi connectivity index (χ2n) is 5.70. The van der Waals surface area contributed by atoms with Crippen molar-refractivity contribution < 1.29 is 8.42 Å². The Morgan fingerprint density at radius 2 is 1.65 bits per heavy atom. The van der Waals surface area contributed by atoms with Gasteiger partial charge in [-0.05, 0) is 57.9 Å². The largest absolute Gasteiger partial charge is 0.312 e. The van der Waals surface area contributed by atoms with E-state index < -0.39 is 9.84 Å². The molecule has 0 bridgehead atoms. The van der Waals surface area contributed by atoms with Crippen molar-refractivity contribution in [1.29, 1.82) is 0 Å². The minimum absolute atomic E-state index is 0.144. The molecular weight excluding hydrogens is 270 g/mol. The minimum atomic E-state index is -3.08. The summed E-state index contributed by atoms with van der Waals surface area (Å²) in [6.07, 6.45) is 0.657. The maximum Gasteiger partial charge on any atom is 0.154 e. The molecule has 20 heavy (non-hydrogen) atoms. The molecule has 0 aliphatic rings. The van der Waals surface area contributed by atoms with Crippen LogP contribution in [0.25, 0.3) is 0 Å². The summed E-state index contributed by atoms with van der Waals surface area (Å²) in [6, 6.07) is 4.08. The number of hydrogen-bond acceptors (Lipinski definition) is 3. The summed E-state index contributed by atoms with van der Waals surface area (Å²) in [4.78, 5) is 0. The molecule has 2 atom stereocenters. The standard InChI is InChI=1S/C16H27NO2S/c1-7-14(5)20(18,19)10-15(17-6)16-12(3)8-11(2)9-13(16)4/h8-9,14-15,17H,7,10H2,1-6H3. The molecule has 1 aromatic carbocycles. The van der Waals surface area contributed by atoms with Crippen molar-refractivity contribution >= 4 is 9.84 Å². The third-order valence-corrected chi connectivity index (χ3v) is 6.38. The quantitative estimate of drug-likeness (QED) is 0.877. The van der Waals surface area contributed by atoms with Crippen LogP contribution in [0.15, 0.2) is 12.1 Å². The van der Waals surface area contributed by atoms with Gasteiger partial charge in [-0.2, -0.15) is 0 Å². The fourth-order valence-electron chi connectivity index (χ4n) is 2.70. The van der Waals surface area contributed by atoms with E-state index in [1.54, 1.807) is 6.92 Å². The van der Waals surface area contributed by atoms with Gasteiger partial charge in [0.25, 0.3) is 0 Å². The zero-order valence-electron chi connectivity index (χ0n) is 13.4. The first-order chi connectivity index (χ1) is 9.22. The minimum Gasteiger partial charge on any atom is -0.312 e. The normalized spacial score (nSPS) is 15.1. The number of aryl methyl sites for hydroxylation is 3. The molecule has 1 rings (SSSR count). The predicted octanol–water partition coefficient (Wildman–Crippen LogP) is 3.09. The van der Waals surface area contributed by atoms with Crippen LogP contribution in [-0.2, 0) is 9.84 Å². The molecule has 2 unspecified atom stereocenters. The first kappa shape index (κ1) is 17.2. The van der Waals surface area contributed by atoms with Crippen LogP contribution < -0.4 is 5.32 Å². The van der Waals surface area contributed by atoms with E-state index in [2.05, 4.69) is 38.2 Å². The first-order valence-electron chi connectivity index (χ1n) is 7.19. The van der Waals surface area contributed by atoms with Gasteiger partial charge < -0.3 is 5.32 Å². The van der Waals surface area contributed by atoms with Crippen LogP contribution in [0.2, 0.25) is 0 Å². The number of hydrogen-bond donors (Lipinski definition) is 1. The Kier molecular flexibility index (Phi) is 5.78. The van der Waals surface area contributed by atoms with Crippen LogP contribution in [0.3, 0.4) is 0 Å². The van der Waals surface area contributed by atoms with E-state index in [0.717, 1.165) is 16.7 Å². The van der Waals surface area contributed by atoms with Crippen LogP contribution >= 0.6 is 0 Å². The van der Waals surface area contributed by atoms with Gasteiger partial charge in [0, 0.05) is 6.04 Å². The van der Waals surface area contributed by atoms with Crippen molar-refractivity contribution in [1.82, 2.24) is 5.32 Å². The zero-order chi connectivity index (χ0) is 15.5. The van der Waals surface area contributed by atoms with Gasteiger partial charge in [-0.1, -0.05) is 24.6 Å². The van der Waals surface area contributed by atoms with Gasteiger partial charge in [0.05, 0.1) is 11.0 Å². The maximum atomic E-state index is 12.4. The highest BCUT2D eigenvalue weighted by Crippen LogP contribution is 2.26. The molecule has 0 radical (unpaired) electrons. The van der Waals surface area contributed by atoms with E-state index in [1.165, 1.54) is 5.56 Å². The fraction of sp³-hybridized carbons (Fsp3) is 0.625. The van der Waals surface area contributed by atoms with Crippen LogP contribution in [0.4, 0.5) is 0 Å². The SMILES string of the molecule is CCC(C)S(=O)(=O)CC(NC)c1c(C)cc(C)cc1C. The van der Waals surface area contributed by atoms with Gasteiger partial charge in [-0.3, -0.25) is 0 Å². The van der Waals surface area contributed by atoms with Crippen molar-refractivity contribution in [2.75, 3.05) is 12.8 Å². The first-order valence-corrected chi connectivity index (χ1v) is 8.91. The van der Waals surface area contributed by atoms with Crippen LogP contribution in [0.5, 0.6) is 0 Å². The molecular formula is C16H27NO2S. The topological polar surface area (TPSA) is 46.2 Å². The predicted molar refractivity (Wildman–Crippen MR) is 86.0 cm³/mol. The highest BCUT2D eigenvalue weighted by atomic mass is 32.2. The van der Waals surface area contributed by atoms with Gasteiger partial charge in [-0.15, -0.1) is 0 Å². The van der Waals surface area contributed by atoms with Crippen molar-refractivity contribution in [3.8, 4) is 0 Å². The summed E-state index contributed by atoms with van der Waals surface area (Å²) < 4.78 is 24.7. The van der Waals surface area contributed by atoms with E-state index in [0.29, 0.717) is 6.42 Å². The van der Waals surface area contributed by atoms with Crippen LogP contribution in [-0.4, -0.2) is 26.5 Å². The Bertz CT molecular complexity index is 541. The lowest BCUT2D eigenvalue weighted by Crippen LogP contribution is -2.31. The number of nitrogens with one attached hydrogen (secondary N) is 1. The van der Waals surface area contributed by atoms with E-state index in [9.17, 15) is 8.42 Å². The molecule has 0 spiro atoms. The molecule has 0 aromatic heterocycles. The Morgan fingerprint density at radius 1 is 1.15 bits per heavy atom. The van der Waals surface area contributed by atoms with Crippen molar-refractivity contribution in [3.63, 3.8) is 0 Å². The Labute approximate surface area is 123 Å². The molecule has 1 N–H and O–H groups in total. The molecule has 0 amide bonds. The molecule has 3 nitrogen and oxygen atoms in total. The maximum absolute atomic E-state index is 12.4. The zero-order valence-corrected chi connectivity index (χ0v) is 14.3. The third-order valence-electron chi connectivity index (χ3n) is 4.02. The lowest BCUT2D eigenvalue weighted by atomic mass is 9.95. The summed E-state index contributed by atoms with van der Waals surface area (Å²) in [7, 11) is -1.25. The van der Waals surface area contributed by atoms with Gasteiger partial charge >= 0.3 is 0 Å². The van der Waals surface area contributed by atoms with Crippen molar-refractivity contribution in [2.45, 2.75) is 52.3 Å². The molecule has 0 aliphatic heterocycles. The average molecular weight is 297 g/mol. The fourth-order valence-corrected chi connectivity index (χ4v) is 4.34. The van der Waals surface area contributed by atoms with E-state index in [1.807, 2.05) is 14.0 Å². The van der Waals surface area contributed by atoms with E-state index in [4.69, 9.17) is 0 Å². The molecule has 0 heterocycles. The number of rotatable bonds is 6. The van der Waals surface area contributed by atoms with Gasteiger partial charge in [0.1, 0.15) is 0 Å². The molecule has 114 valence electrons. The molecule has 0 fully saturated rings.